The summed E-state index contributed by atoms with van der Waals surface area (Å²) in [6.45, 7) is 5.64. The quantitative estimate of drug-likeness (QED) is 0.178. The molecule has 1 aromatic carbocycles. The van der Waals surface area contributed by atoms with Gasteiger partial charge in [-0.2, -0.15) is 0 Å². The minimum Gasteiger partial charge on any atom is -0.481 e. The molecule has 1 atom stereocenters. The van der Waals surface area contributed by atoms with Crippen molar-refractivity contribution in [1.29, 1.82) is 0 Å². The van der Waals surface area contributed by atoms with Crippen molar-refractivity contribution in [3.8, 4) is 0 Å². The number of carbonyl (C=O) groups excluding carboxylic acids is 2. The SMILES string of the molecule is CCC(=O)O.CCCCCCC(C)ON=O.O=C1NC(=O)C(=Cc2ccccc2)N1. The first-order valence-corrected chi connectivity index (χ1v) is 9.93. The molecule has 1 aliphatic heterocycles. The number of hydrogen-bond acceptors (Lipinski definition) is 6. The lowest BCUT2D eigenvalue weighted by molar-refractivity contribution is -0.136. The van der Waals surface area contributed by atoms with E-state index in [2.05, 4.69) is 27.7 Å². The number of benzene rings is 1. The number of nitrogens with zero attached hydrogens (tertiary/aromatic N) is 1. The second-order valence-electron chi connectivity index (χ2n) is 6.46. The summed E-state index contributed by atoms with van der Waals surface area (Å²) in [7, 11) is 0. The number of carboxylic acid groups (broad SMARTS) is 1. The number of amides is 3. The Balaban J connectivity index is 0.000000471. The van der Waals surface area contributed by atoms with E-state index >= 15 is 0 Å². The zero-order valence-electron chi connectivity index (χ0n) is 17.7. The van der Waals surface area contributed by atoms with Crippen LogP contribution in [0.1, 0.15) is 64.9 Å². The van der Waals surface area contributed by atoms with Crippen LogP contribution in [-0.2, 0) is 14.4 Å². The monoisotopic (exact) mass is 421 g/mol. The highest BCUT2D eigenvalue weighted by Crippen LogP contribution is 2.08. The molecule has 0 saturated carbocycles. The molecule has 0 spiro atoms. The van der Waals surface area contributed by atoms with Crippen LogP contribution in [0.5, 0.6) is 0 Å². The summed E-state index contributed by atoms with van der Waals surface area (Å²) in [5.41, 5.74) is 1.15. The largest absolute Gasteiger partial charge is 0.481 e. The van der Waals surface area contributed by atoms with E-state index in [1.165, 1.54) is 19.3 Å². The molecule has 9 nitrogen and oxygen atoms in total. The van der Waals surface area contributed by atoms with Crippen molar-refractivity contribution in [1.82, 2.24) is 10.6 Å². The lowest BCUT2D eigenvalue weighted by atomic mass is 10.1. The molecule has 1 heterocycles. The second-order valence-corrected chi connectivity index (χ2v) is 6.46. The summed E-state index contributed by atoms with van der Waals surface area (Å²) in [6, 6.07) is 8.84. The molecule has 0 radical (unpaired) electrons. The van der Waals surface area contributed by atoms with Crippen molar-refractivity contribution >= 4 is 24.0 Å². The molecule has 1 aliphatic rings. The first-order valence-electron chi connectivity index (χ1n) is 9.93. The second kappa shape index (κ2) is 16.7. The summed E-state index contributed by atoms with van der Waals surface area (Å²) >= 11 is 0. The predicted molar refractivity (Wildman–Crippen MR) is 114 cm³/mol. The smallest absolute Gasteiger partial charge is 0.326 e. The van der Waals surface area contributed by atoms with E-state index < -0.39 is 12.0 Å². The Bertz CT molecular complexity index is 691. The maximum absolute atomic E-state index is 11.1. The molecule has 1 fully saturated rings. The third-order valence-corrected chi connectivity index (χ3v) is 3.82. The van der Waals surface area contributed by atoms with Crippen molar-refractivity contribution in [2.24, 2.45) is 5.34 Å². The van der Waals surface area contributed by atoms with E-state index in [0.29, 0.717) is 0 Å². The average Bonchev–Trinajstić information content (AvgIpc) is 3.04. The van der Waals surface area contributed by atoms with E-state index in [-0.39, 0.29) is 24.1 Å². The standard InChI is InChI=1S/C10H8N2O2.C8H17NO2.C3H6O2/c13-9-8(11-10(14)12-9)6-7-4-2-1-3-5-7;1-3-4-5-6-7-8(2)11-9-10;1-2-3(4)5/h1-6H,(H2,11,12,13,14);8H,3-7H2,1-2H3;2H2,1H3,(H,4,5). The van der Waals surface area contributed by atoms with E-state index in [1.54, 1.807) is 13.0 Å². The molecule has 30 heavy (non-hydrogen) atoms. The lowest BCUT2D eigenvalue weighted by Gasteiger charge is -2.05. The fourth-order valence-electron chi connectivity index (χ4n) is 2.18. The van der Waals surface area contributed by atoms with Gasteiger partial charge in [-0.15, -0.1) is 4.91 Å². The molecule has 1 unspecified atom stereocenters. The van der Waals surface area contributed by atoms with Crippen molar-refractivity contribution in [2.75, 3.05) is 0 Å². The Hall–Kier alpha value is -3.23. The van der Waals surface area contributed by atoms with Gasteiger partial charge < -0.3 is 15.3 Å². The first-order chi connectivity index (χ1) is 14.3. The number of aliphatic carboxylic acids is 1. The summed E-state index contributed by atoms with van der Waals surface area (Å²) in [5, 5.41) is 14.7. The van der Waals surface area contributed by atoms with Crippen LogP contribution in [0.15, 0.2) is 41.4 Å². The number of carboxylic acids is 1. The normalized spacial score (nSPS) is 14.3. The summed E-state index contributed by atoms with van der Waals surface area (Å²) in [4.78, 5) is 45.4. The molecule has 3 amide bonds. The minimum atomic E-state index is -0.745. The zero-order chi connectivity index (χ0) is 22.8. The number of imide groups is 1. The fourth-order valence-corrected chi connectivity index (χ4v) is 2.18. The van der Waals surface area contributed by atoms with Gasteiger partial charge in [0.05, 0.1) is 0 Å². The van der Waals surface area contributed by atoms with Crippen LogP contribution in [0, 0.1) is 4.91 Å². The molecule has 3 N–H and O–H groups in total. The molecule has 0 bridgehead atoms. The van der Waals surface area contributed by atoms with Gasteiger partial charge in [0, 0.05) is 6.42 Å². The van der Waals surface area contributed by atoms with Gasteiger partial charge in [-0.05, 0) is 31.4 Å². The predicted octanol–water partition coefficient (Wildman–Crippen LogP) is 4.39. The Morgan fingerprint density at radius 3 is 2.23 bits per heavy atom. The Labute approximate surface area is 176 Å². The molecule has 1 saturated heterocycles. The van der Waals surface area contributed by atoms with Gasteiger partial charge in [-0.25, -0.2) is 4.79 Å². The molecule has 0 aromatic heterocycles. The molecule has 9 heteroatoms. The van der Waals surface area contributed by atoms with E-state index in [0.717, 1.165) is 18.4 Å². The molecule has 166 valence electrons. The Morgan fingerprint density at radius 1 is 1.13 bits per heavy atom. The van der Waals surface area contributed by atoms with Gasteiger partial charge in [0.2, 0.25) is 0 Å². The highest BCUT2D eigenvalue weighted by atomic mass is 16.7. The van der Waals surface area contributed by atoms with E-state index in [9.17, 15) is 19.3 Å². The van der Waals surface area contributed by atoms with Gasteiger partial charge in [0.1, 0.15) is 11.8 Å². The van der Waals surface area contributed by atoms with Crippen molar-refractivity contribution in [3.63, 3.8) is 0 Å². The van der Waals surface area contributed by atoms with E-state index in [1.807, 2.05) is 37.3 Å². The average molecular weight is 421 g/mol. The topological polar surface area (TPSA) is 134 Å². The van der Waals surface area contributed by atoms with Crippen LogP contribution in [-0.4, -0.2) is 29.1 Å². The summed E-state index contributed by atoms with van der Waals surface area (Å²) < 4.78 is 0. The third-order valence-electron chi connectivity index (χ3n) is 3.82. The highest BCUT2D eigenvalue weighted by molar-refractivity contribution is 6.13. The van der Waals surface area contributed by atoms with Crippen LogP contribution in [0.4, 0.5) is 4.79 Å². The number of rotatable bonds is 9. The molecule has 1 aromatic rings. The van der Waals surface area contributed by atoms with Crippen molar-refractivity contribution in [2.45, 2.75) is 65.4 Å². The minimum absolute atomic E-state index is 0.00986. The van der Waals surface area contributed by atoms with Crippen LogP contribution in [0.3, 0.4) is 0 Å². The fraction of sp³-hybridized carbons (Fsp3) is 0.476. The number of urea groups is 1. The van der Waals surface area contributed by atoms with E-state index in [4.69, 9.17) is 5.11 Å². The van der Waals surface area contributed by atoms with Crippen LogP contribution < -0.4 is 10.6 Å². The van der Waals surface area contributed by atoms with Crippen LogP contribution in [0.25, 0.3) is 6.08 Å². The Morgan fingerprint density at radius 2 is 1.77 bits per heavy atom. The van der Waals surface area contributed by atoms with Gasteiger partial charge in [-0.3, -0.25) is 14.9 Å². The van der Waals surface area contributed by atoms with Crippen molar-refractivity contribution < 1.29 is 24.3 Å². The summed E-state index contributed by atoms with van der Waals surface area (Å²) in [6.07, 6.45) is 7.63. The van der Waals surface area contributed by atoms with Crippen molar-refractivity contribution in [3.05, 3.63) is 46.5 Å². The number of hydrogen-bond donors (Lipinski definition) is 3. The van der Waals surface area contributed by atoms with Gasteiger partial charge in [0.25, 0.3) is 5.91 Å². The molecule has 0 aliphatic carbocycles. The first kappa shape index (κ1) is 26.8. The number of nitrogens with one attached hydrogen (secondary N) is 2. The number of carbonyl (C=O) groups is 3. The third kappa shape index (κ3) is 13.9. The van der Waals surface area contributed by atoms with Crippen LogP contribution >= 0.6 is 0 Å². The number of unbranched alkanes of at least 4 members (excludes halogenated alkanes) is 3. The van der Waals surface area contributed by atoms with Gasteiger partial charge in [-0.1, -0.05) is 63.4 Å². The Kier molecular flexibility index (Phi) is 14.9. The zero-order valence-corrected chi connectivity index (χ0v) is 17.7. The molecular formula is C21H31N3O6. The highest BCUT2D eigenvalue weighted by Gasteiger charge is 2.22. The summed E-state index contributed by atoms with van der Waals surface area (Å²) in [5.74, 6) is -1.14. The van der Waals surface area contributed by atoms with Gasteiger partial charge in [0.15, 0.2) is 5.34 Å². The maximum Gasteiger partial charge on any atom is 0.326 e. The maximum atomic E-state index is 11.1. The molecular weight excluding hydrogens is 390 g/mol. The van der Waals surface area contributed by atoms with Gasteiger partial charge >= 0.3 is 12.0 Å². The van der Waals surface area contributed by atoms with Crippen LogP contribution in [0.2, 0.25) is 0 Å². The lowest BCUT2D eigenvalue weighted by Crippen LogP contribution is -2.22. The molecule has 2 rings (SSSR count).